The molecule has 0 saturated heterocycles. The number of nitrogens with one attached hydrogen (secondary N) is 1. The van der Waals surface area contributed by atoms with Crippen molar-refractivity contribution in [2.45, 2.75) is 13.8 Å². The van der Waals surface area contributed by atoms with Crippen molar-refractivity contribution >= 4 is 13.5 Å². The lowest BCUT2D eigenvalue weighted by Gasteiger charge is -2.16. The van der Waals surface area contributed by atoms with Gasteiger partial charge in [-0.15, -0.1) is 0 Å². The van der Waals surface area contributed by atoms with Gasteiger partial charge in [-0.3, -0.25) is 14.7 Å². The van der Waals surface area contributed by atoms with E-state index in [4.69, 9.17) is 14.8 Å². The summed E-state index contributed by atoms with van der Waals surface area (Å²) in [5, 5.41) is 2.61. The van der Waals surface area contributed by atoms with E-state index < -0.39 is 13.5 Å². The molecule has 0 bridgehead atoms. The lowest BCUT2D eigenvalue weighted by atomic mass is 10.6. The lowest BCUT2D eigenvalue weighted by molar-refractivity contribution is -0.117. The van der Waals surface area contributed by atoms with E-state index in [9.17, 15) is 9.36 Å². The third kappa shape index (κ3) is 6.10. The minimum atomic E-state index is -3.09. The predicted octanol–water partition coefficient (Wildman–Crippen LogP) is 0.285. The van der Waals surface area contributed by atoms with Crippen molar-refractivity contribution < 1.29 is 18.4 Å². The Morgan fingerprint density at radius 2 is 1.86 bits per heavy atom. The molecule has 0 saturated carbocycles. The van der Waals surface area contributed by atoms with E-state index in [0.29, 0.717) is 13.2 Å². The summed E-state index contributed by atoms with van der Waals surface area (Å²) in [4.78, 5) is 10.4. The van der Waals surface area contributed by atoms with Gasteiger partial charge in [0.25, 0.3) is 0 Å². The molecule has 1 amide bonds. The molecule has 0 spiro atoms. The summed E-state index contributed by atoms with van der Waals surface area (Å²) in [7, 11) is -3.09. The van der Waals surface area contributed by atoms with Crippen LogP contribution in [0.4, 0.5) is 0 Å². The molecule has 0 rings (SSSR count). The van der Waals surface area contributed by atoms with E-state index in [1.165, 1.54) is 0 Å². The molecule has 3 N–H and O–H groups in total. The van der Waals surface area contributed by atoms with E-state index >= 15 is 0 Å². The number of primary amides is 1. The summed E-state index contributed by atoms with van der Waals surface area (Å²) < 4.78 is 21.7. The second kappa shape index (κ2) is 6.95. The van der Waals surface area contributed by atoms with Gasteiger partial charge in [0, 0.05) is 0 Å². The molecular weight excluding hydrogens is 207 g/mol. The van der Waals surface area contributed by atoms with Crippen molar-refractivity contribution in [3.63, 3.8) is 0 Å². The number of carbonyl (C=O) groups is 1. The SMILES string of the molecule is CCOP(=O)(CNCC(N)=O)OCC. The van der Waals surface area contributed by atoms with Gasteiger partial charge in [-0.25, -0.2) is 0 Å². The average molecular weight is 224 g/mol. The highest BCUT2D eigenvalue weighted by molar-refractivity contribution is 7.53. The lowest BCUT2D eigenvalue weighted by Crippen LogP contribution is -2.29. The number of nitrogens with two attached hydrogens (primary N) is 1. The molecule has 0 aliphatic rings. The maximum atomic E-state index is 11.7. The maximum absolute atomic E-state index is 11.7. The Hall–Kier alpha value is -0.420. The van der Waals surface area contributed by atoms with E-state index in [0.717, 1.165) is 0 Å². The molecule has 6 nitrogen and oxygen atoms in total. The molecule has 14 heavy (non-hydrogen) atoms. The second-order valence-electron chi connectivity index (χ2n) is 2.50. The fraction of sp³-hybridized carbons (Fsp3) is 0.857. The van der Waals surface area contributed by atoms with E-state index in [-0.39, 0.29) is 12.8 Å². The number of hydrogen-bond donors (Lipinski definition) is 2. The summed E-state index contributed by atoms with van der Waals surface area (Å²) in [6, 6.07) is 0. The first kappa shape index (κ1) is 13.6. The largest absolute Gasteiger partial charge is 0.369 e. The standard InChI is InChI=1S/C7H17N2O4P/c1-3-12-14(11,13-4-2)6-9-5-7(8)10/h9H,3-6H2,1-2H3,(H2,8,10). The normalized spacial score (nSPS) is 11.6. The highest BCUT2D eigenvalue weighted by Crippen LogP contribution is 2.46. The summed E-state index contributed by atoms with van der Waals surface area (Å²) in [6.07, 6.45) is -0.00236. The third-order valence-corrected chi connectivity index (χ3v) is 3.17. The number of hydrogen-bond acceptors (Lipinski definition) is 5. The van der Waals surface area contributed by atoms with Gasteiger partial charge in [0.1, 0.15) is 0 Å². The molecule has 7 heteroatoms. The number of rotatable bonds is 8. The molecule has 0 aliphatic carbocycles. The number of carbonyl (C=O) groups excluding carboxylic acids is 1. The zero-order chi connectivity index (χ0) is 11.0. The molecule has 0 aromatic carbocycles. The first-order valence-electron chi connectivity index (χ1n) is 4.41. The van der Waals surface area contributed by atoms with Crippen LogP contribution in [0.25, 0.3) is 0 Å². The van der Waals surface area contributed by atoms with Gasteiger partial charge < -0.3 is 14.8 Å². The molecule has 0 fully saturated rings. The van der Waals surface area contributed by atoms with Gasteiger partial charge in [-0.2, -0.15) is 0 Å². The van der Waals surface area contributed by atoms with E-state index in [1.54, 1.807) is 13.8 Å². The van der Waals surface area contributed by atoms with Crippen LogP contribution in [0.2, 0.25) is 0 Å². The Balaban J connectivity index is 3.96. The zero-order valence-electron chi connectivity index (χ0n) is 8.49. The molecule has 0 aromatic rings. The van der Waals surface area contributed by atoms with Gasteiger partial charge in [0.15, 0.2) is 0 Å². The summed E-state index contributed by atoms with van der Waals surface area (Å²) in [6.45, 7) is 4.01. The first-order valence-corrected chi connectivity index (χ1v) is 6.14. The van der Waals surface area contributed by atoms with Crippen molar-refractivity contribution in [2.75, 3.05) is 26.0 Å². The molecule has 0 aromatic heterocycles. The van der Waals surface area contributed by atoms with Gasteiger partial charge in [0.05, 0.1) is 26.0 Å². The topological polar surface area (TPSA) is 90.6 Å². The molecule has 0 radical (unpaired) electrons. The molecule has 0 unspecified atom stereocenters. The summed E-state index contributed by atoms with van der Waals surface area (Å²) in [5.41, 5.74) is 4.90. The minimum absolute atomic E-state index is 0.00236. The third-order valence-electron chi connectivity index (χ3n) is 1.26. The van der Waals surface area contributed by atoms with Crippen LogP contribution in [0.1, 0.15) is 13.8 Å². The summed E-state index contributed by atoms with van der Waals surface area (Å²) in [5.74, 6) is -0.510. The van der Waals surface area contributed by atoms with E-state index in [2.05, 4.69) is 5.32 Å². The first-order chi connectivity index (χ1) is 6.54. The quantitative estimate of drug-likeness (QED) is 0.578. The zero-order valence-corrected chi connectivity index (χ0v) is 9.38. The predicted molar refractivity (Wildman–Crippen MR) is 52.9 cm³/mol. The van der Waals surface area contributed by atoms with Crippen LogP contribution in [0.15, 0.2) is 0 Å². The maximum Gasteiger partial charge on any atom is 0.344 e. The molecule has 0 atom stereocenters. The monoisotopic (exact) mass is 224 g/mol. The van der Waals surface area contributed by atoms with Crippen molar-refractivity contribution in [1.82, 2.24) is 5.32 Å². The number of amides is 1. The van der Waals surface area contributed by atoms with Crippen molar-refractivity contribution in [3.8, 4) is 0 Å². The minimum Gasteiger partial charge on any atom is -0.369 e. The summed E-state index contributed by atoms with van der Waals surface area (Å²) >= 11 is 0. The average Bonchev–Trinajstić information content (AvgIpc) is 2.03. The Kier molecular flexibility index (Phi) is 6.74. The van der Waals surface area contributed by atoms with Crippen LogP contribution in [0.3, 0.4) is 0 Å². The van der Waals surface area contributed by atoms with E-state index in [1.807, 2.05) is 0 Å². The van der Waals surface area contributed by atoms with Crippen LogP contribution in [0, 0.1) is 0 Å². The van der Waals surface area contributed by atoms with Crippen molar-refractivity contribution in [2.24, 2.45) is 5.73 Å². The fourth-order valence-electron chi connectivity index (χ4n) is 0.838. The molecule has 84 valence electrons. The fourth-order valence-corrected chi connectivity index (χ4v) is 2.27. The second-order valence-corrected chi connectivity index (χ2v) is 4.55. The molecular formula is C7H17N2O4P. The van der Waals surface area contributed by atoms with Gasteiger partial charge in [-0.05, 0) is 13.8 Å². The van der Waals surface area contributed by atoms with Gasteiger partial charge >= 0.3 is 7.60 Å². The van der Waals surface area contributed by atoms with Crippen molar-refractivity contribution in [1.29, 1.82) is 0 Å². The Labute approximate surface area is 83.7 Å². The Morgan fingerprint density at radius 1 is 1.36 bits per heavy atom. The highest BCUT2D eigenvalue weighted by atomic mass is 31.2. The molecule has 0 heterocycles. The van der Waals surface area contributed by atoms with Crippen LogP contribution in [-0.4, -0.2) is 32.0 Å². The van der Waals surface area contributed by atoms with Crippen LogP contribution in [-0.2, 0) is 18.4 Å². The Morgan fingerprint density at radius 3 is 2.21 bits per heavy atom. The van der Waals surface area contributed by atoms with Crippen LogP contribution >= 0.6 is 7.60 Å². The Bertz CT molecular complexity index is 212. The van der Waals surface area contributed by atoms with Gasteiger partial charge in [0.2, 0.25) is 5.91 Å². The van der Waals surface area contributed by atoms with Crippen molar-refractivity contribution in [3.05, 3.63) is 0 Å². The van der Waals surface area contributed by atoms with Crippen LogP contribution < -0.4 is 11.1 Å². The highest BCUT2D eigenvalue weighted by Gasteiger charge is 2.22. The van der Waals surface area contributed by atoms with Gasteiger partial charge in [-0.1, -0.05) is 0 Å². The molecule has 0 aliphatic heterocycles. The van der Waals surface area contributed by atoms with Crippen LogP contribution in [0.5, 0.6) is 0 Å². The smallest absolute Gasteiger partial charge is 0.344 e.